The number of aromatic nitrogens is 4. The van der Waals surface area contributed by atoms with E-state index >= 15 is 0 Å². The molecule has 32 heavy (non-hydrogen) atoms. The van der Waals surface area contributed by atoms with Crippen LogP contribution in [0.15, 0.2) is 12.3 Å². The van der Waals surface area contributed by atoms with E-state index < -0.39 is 11.9 Å². The number of likely N-dealkylation sites (N-methyl/N-ethyl adjacent to an activating group) is 1. The van der Waals surface area contributed by atoms with Crippen molar-refractivity contribution in [2.24, 2.45) is 11.8 Å². The molecule has 1 aliphatic carbocycles. The number of alkyl halides is 3. The van der Waals surface area contributed by atoms with Gasteiger partial charge < -0.3 is 15.5 Å². The minimum Gasteiger partial charge on any atom is -0.351 e. The van der Waals surface area contributed by atoms with Gasteiger partial charge in [-0.3, -0.25) is 4.79 Å². The Kier molecular flexibility index (Phi) is 5.68. The number of fused-ring (bicyclic) bond motifs is 1. The molecule has 0 radical (unpaired) electrons. The van der Waals surface area contributed by atoms with Crippen LogP contribution in [0.5, 0.6) is 0 Å². The van der Waals surface area contributed by atoms with Gasteiger partial charge in [-0.2, -0.15) is 13.2 Å². The molecule has 2 aromatic heterocycles. The highest BCUT2D eigenvalue weighted by Gasteiger charge is 2.37. The summed E-state index contributed by atoms with van der Waals surface area (Å²) < 4.78 is 38.5. The summed E-state index contributed by atoms with van der Waals surface area (Å²) in [5.41, 5.74) is 0.409. The lowest BCUT2D eigenvalue weighted by atomic mass is 9.78. The summed E-state index contributed by atoms with van der Waals surface area (Å²) in [6.45, 7) is 5.84. The molecule has 172 valence electrons. The van der Waals surface area contributed by atoms with Crippen LogP contribution >= 0.6 is 0 Å². The minimum absolute atomic E-state index is 0.00879. The van der Waals surface area contributed by atoms with E-state index in [1.54, 1.807) is 0 Å². The van der Waals surface area contributed by atoms with Gasteiger partial charge >= 0.3 is 6.18 Å². The third-order valence-electron chi connectivity index (χ3n) is 6.00. The first-order valence-corrected chi connectivity index (χ1v) is 10.6. The summed E-state index contributed by atoms with van der Waals surface area (Å²) in [5.74, 6) is 1.78. The zero-order chi connectivity index (χ0) is 23.2. The van der Waals surface area contributed by atoms with Gasteiger partial charge in [-0.1, -0.05) is 13.8 Å². The number of halogens is 3. The van der Waals surface area contributed by atoms with Crippen molar-refractivity contribution in [1.82, 2.24) is 19.9 Å². The molecule has 2 N–H and O–H groups in total. The monoisotopic (exact) mass is 449 g/mol. The molecule has 2 aliphatic rings. The lowest BCUT2D eigenvalue weighted by Gasteiger charge is -2.38. The lowest BCUT2D eigenvalue weighted by molar-refractivity contribution is -0.141. The molecule has 8 nitrogen and oxygen atoms in total. The molecule has 1 saturated carbocycles. The molecule has 0 spiro atoms. The second-order valence-corrected chi connectivity index (χ2v) is 8.86. The van der Waals surface area contributed by atoms with E-state index in [-0.39, 0.29) is 29.9 Å². The normalized spacial score (nSPS) is 22.9. The van der Waals surface area contributed by atoms with E-state index in [0.29, 0.717) is 23.9 Å². The molecule has 1 amide bonds. The van der Waals surface area contributed by atoms with Crippen LogP contribution in [-0.2, 0) is 17.4 Å². The molecule has 1 fully saturated rings. The topological polar surface area (TPSA) is 95.9 Å². The fourth-order valence-corrected chi connectivity index (χ4v) is 4.41. The van der Waals surface area contributed by atoms with Crippen LogP contribution in [0.4, 0.5) is 30.6 Å². The average Bonchev–Trinajstić information content (AvgIpc) is 2.66. The maximum absolute atomic E-state index is 12.8. The van der Waals surface area contributed by atoms with Crippen LogP contribution in [0.1, 0.15) is 43.9 Å². The number of nitrogens with one attached hydrogen (secondary N) is 2. The standard InChI is InChI=1S/C21H26F3N7O/c1-10(2)17-19(32)30-16-11(3)26-15(29-18(16)31(17)4)9-12-7-13(8-12)27-20-25-6-5-14(28-20)21(22,23)24/h5-6,10,12-13,17H,7-9H2,1-4H3,(H,30,32)(H,25,27,28)/t12?,13?,17-/m0/s1. The Balaban J connectivity index is 1.40. The third-order valence-corrected chi connectivity index (χ3v) is 6.00. The number of amides is 1. The third kappa shape index (κ3) is 4.33. The van der Waals surface area contributed by atoms with Gasteiger partial charge in [-0.25, -0.2) is 19.9 Å². The molecule has 11 heteroatoms. The van der Waals surface area contributed by atoms with Crippen LogP contribution in [0.25, 0.3) is 0 Å². The minimum atomic E-state index is -4.50. The van der Waals surface area contributed by atoms with Crippen molar-refractivity contribution >= 4 is 23.4 Å². The first kappa shape index (κ1) is 22.2. The number of hydrogen-bond acceptors (Lipinski definition) is 7. The maximum atomic E-state index is 12.8. The molecule has 0 aromatic carbocycles. The van der Waals surface area contributed by atoms with Gasteiger partial charge in [0.05, 0.1) is 5.69 Å². The van der Waals surface area contributed by atoms with E-state index in [1.165, 1.54) is 0 Å². The second-order valence-electron chi connectivity index (χ2n) is 8.86. The number of carbonyl (C=O) groups is 1. The van der Waals surface area contributed by atoms with Crippen LogP contribution in [0, 0.1) is 18.8 Å². The number of anilines is 3. The van der Waals surface area contributed by atoms with Crippen molar-refractivity contribution in [1.29, 1.82) is 0 Å². The quantitative estimate of drug-likeness (QED) is 0.722. The van der Waals surface area contributed by atoms with Crippen LogP contribution in [0.3, 0.4) is 0 Å². The average molecular weight is 449 g/mol. The van der Waals surface area contributed by atoms with Crippen LogP contribution in [0.2, 0.25) is 0 Å². The van der Waals surface area contributed by atoms with Crippen LogP contribution in [-0.4, -0.2) is 45.0 Å². The molecule has 0 bridgehead atoms. The van der Waals surface area contributed by atoms with Gasteiger partial charge in [-0.15, -0.1) is 0 Å². The van der Waals surface area contributed by atoms with Gasteiger partial charge in [0.1, 0.15) is 23.2 Å². The molecular weight excluding hydrogens is 423 g/mol. The Morgan fingerprint density at radius 3 is 2.62 bits per heavy atom. The Hall–Kier alpha value is -2.98. The van der Waals surface area contributed by atoms with E-state index in [0.717, 1.165) is 36.6 Å². The summed E-state index contributed by atoms with van der Waals surface area (Å²) in [7, 11) is 1.87. The molecule has 2 aromatic rings. The zero-order valence-electron chi connectivity index (χ0n) is 18.4. The van der Waals surface area contributed by atoms with E-state index in [1.807, 2.05) is 32.7 Å². The molecule has 4 rings (SSSR count). The predicted octanol–water partition coefficient (Wildman–Crippen LogP) is 3.44. The van der Waals surface area contributed by atoms with Gasteiger partial charge in [0.25, 0.3) is 0 Å². The lowest BCUT2D eigenvalue weighted by Crippen LogP contribution is -2.50. The highest BCUT2D eigenvalue weighted by atomic mass is 19.4. The smallest absolute Gasteiger partial charge is 0.351 e. The summed E-state index contributed by atoms with van der Waals surface area (Å²) in [6, 6.07) is 0.567. The van der Waals surface area contributed by atoms with E-state index in [4.69, 9.17) is 4.98 Å². The first-order chi connectivity index (χ1) is 15.0. The fraction of sp³-hybridized carbons (Fsp3) is 0.571. The number of hydrogen-bond donors (Lipinski definition) is 2. The summed E-state index contributed by atoms with van der Waals surface area (Å²) in [4.78, 5) is 31.1. The van der Waals surface area contributed by atoms with Gasteiger partial charge in [-0.05, 0) is 37.7 Å². The summed E-state index contributed by atoms with van der Waals surface area (Å²) >= 11 is 0. The molecule has 0 saturated heterocycles. The Labute approximate surface area is 184 Å². The SMILES string of the molecule is Cc1nc(CC2CC(Nc3nccc(C(F)(F)F)n3)C2)nc2c1NC(=O)[C@H](C(C)C)N2C. The van der Waals surface area contributed by atoms with Crippen molar-refractivity contribution in [3.05, 3.63) is 29.5 Å². The van der Waals surface area contributed by atoms with Gasteiger partial charge in [0.15, 0.2) is 5.82 Å². The number of carbonyl (C=O) groups excluding carboxylic acids is 1. The molecule has 1 aliphatic heterocycles. The number of nitrogens with zero attached hydrogens (tertiary/aromatic N) is 5. The Bertz CT molecular complexity index is 1020. The number of rotatable bonds is 5. The largest absolute Gasteiger partial charge is 0.433 e. The van der Waals surface area contributed by atoms with Crippen molar-refractivity contribution in [3.8, 4) is 0 Å². The number of aryl methyl sites for hydroxylation is 1. The Morgan fingerprint density at radius 2 is 1.97 bits per heavy atom. The molecule has 3 heterocycles. The summed E-state index contributed by atoms with van der Waals surface area (Å²) in [6.07, 6.45) is -1.20. The van der Waals surface area contributed by atoms with Crippen molar-refractivity contribution in [2.45, 2.75) is 58.3 Å². The molecule has 0 unspecified atom stereocenters. The van der Waals surface area contributed by atoms with Gasteiger partial charge in [0, 0.05) is 25.7 Å². The van der Waals surface area contributed by atoms with Crippen molar-refractivity contribution < 1.29 is 18.0 Å². The van der Waals surface area contributed by atoms with Crippen molar-refractivity contribution in [2.75, 3.05) is 22.6 Å². The highest BCUT2D eigenvalue weighted by Crippen LogP contribution is 2.36. The molecular formula is C21H26F3N7O. The van der Waals surface area contributed by atoms with Crippen LogP contribution < -0.4 is 15.5 Å². The zero-order valence-corrected chi connectivity index (χ0v) is 18.4. The van der Waals surface area contributed by atoms with E-state index in [2.05, 4.69) is 25.6 Å². The Morgan fingerprint density at radius 1 is 1.25 bits per heavy atom. The molecule has 1 atom stereocenters. The highest BCUT2D eigenvalue weighted by molar-refractivity contribution is 6.03. The van der Waals surface area contributed by atoms with Gasteiger partial charge in [0.2, 0.25) is 11.9 Å². The predicted molar refractivity (Wildman–Crippen MR) is 113 cm³/mol. The first-order valence-electron chi connectivity index (χ1n) is 10.6. The fourth-order valence-electron chi connectivity index (χ4n) is 4.41. The van der Waals surface area contributed by atoms with Crippen molar-refractivity contribution in [3.63, 3.8) is 0 Å². The maximum Gasteiger partial charge on any atom is 0.433 e. The second kappa shape index (κ2) is 8.18. The van der Waals surface area contributed by atoms with E-state index in [9.17, 15) is 18.0 Å². The summed E-state index contributed by atoms with van der Waals surface area (Å²) in [5, 5.41) is 5.92.